The lowest BCUT2D eigenvalue weighted by molar-refractivity contribution is -0.128. The van der Waals surface area contributed by atoms with E-state index in [2.05, 4.69) is 0 Å². The molecule has 0 unspecified atom stereocenters. The molecular formula is C13H17NO2. The number of aryl methyl sites for hydroxylation is 2. The molecular weight excluding hydrogens is 202 g/mol. The summed E-state index contributed by atoms with van der Waals surface area (Å²) >= 11 is 0. The third kappa shape index (κ3) is 2.03. The van der Waals surface area contributed by atoms with Crippen molar-refractivity contribution in [1.82, 2.24) is 4.90 Å². The Kier molecular flexibility index (Phi) is 2.86. The molecule has 16 heavy (non-hydrogen) atoms. The van der Waals surface area contributed by atoms with Gasteiger partial charge in [-0.25, -0.2) is 0 Å². The summed E-state index contributed by atoms with van der Waals surface area (Å²) in [4.78, 5) is 13.4. The van der Waals surface area contributed by atoms with Crippen molar-refractivity contribution in [2.75, 3.05) is 6.54 Å². The Labute approximate surface area is 95.7 Å². The number of likely N-dealkylation sites (tertiary alicyclic amines) is 1. The van der Waals surface area contributed by atoms with Crippen molar-refractivity contribution in [3.05, 3.63) is 28.8 Å². The third-order valence-corrected chi connectivity index (χ3v) is 3.10. The van der Waals surface area contributed by atoms with Crippen LogP contribution in [0.2, 0.25) is 0 Å². The number of amides is 1. The Morgan fingerprint density at radius 1 is 1.31 bits per heavy atom. The molecule has 1 amide bonds. The minimum atomic E-state index is 0.239. The Morgan fingerprint density at radius 2 is 1.94 bits per heavy atom. The van der Waals surface area contributed by atoms with Gasteiger partial charge in [0.15, 0.2) is 0 Å². The molecule has 0 bridgehead atoms. The number of hydrogen-bond acceptors (Lipinski definition) is 2. The first-order valence-electron chi connectivity index (χ1n) is 5.65. The SMILES string of the molecule is Cc1cc(CN2CCCC2=O)cc(C)c1O. The first kappa shape index (κ1) is 11.0. The summed E-state index contributed by atoms with van der Waals surface area (Å²) in [5, 5.41) is 9.66. The zero-order valence-corrected chi connectivity index (χ0v) is 9.79. The topological polar surface area (TPSA) is 40.5 Å². The molecule has 0 saturated carbocycles. The van der Waals surface area contributed by atoms with Gasteiger partial charge in [0.1, 0.15) is 5.75 Å². The van der Waals surface area contributed by atoms with Crippen molar-refractivity contribution in [3.63, 3.8) is 0 Å². The van der Waals surface area contributed by atoms with Crippen LogP contribution < -0.4 is 0 Å². The molecule has 1 fully saturated rings. The fourth-order valence-electron chi connectivity index (χ4n) is 2.23. The molecule has 1 aliphatic rings. The van der Waals surface area contributed by atoms with E-state index in [1.807, 2.05) is 30.9 Å². The fraction of sp³-hybridized carbons (Fsp3) is 0.462. The molecule has 0 aromatic heterocycles. The monoisotopic (exact) mass is 219 g/mol. The van der Waals surface area contributed by atoms with Crippen LogP contribution in [0.1, 0.15) is 29.5 Å². The van der Waals surface area contributed by atoms with E-state index < -0.39 is 0 Å². The van der Waals surface area contributed by atoms with Gasteiger partial charge in [0.05, 0.1) is 0 Å². The number of phenolic OH excluding ortho intramolecular Hbond substituents is 1. The summed E-state index contributed by atoms with van der Waals surface area (Å²) < 4.78 is 0. The number of phenols is 1. The molecule has 86 valence electrons. The lowest BCUT2D eigenvalue weighted by Crippen LogP contribution is -2.23. The minimum Gasteiger partial charge on any atom is -0.507 e. The first-order chi connectivity index (χ1) is 7.58. The largest absolute Gasteiger partial charge is 0.507 e. The molecule has 0 spiro atoms. The fourth-order valence-corrected chi connectivity index (χ4v) is 2.23. The average molecular weight is 219 g/mol. The average Bonchev–Trinajstić information content (AvgIpc) is 2.61. The normalized spacial score (nSPS) is 15.9. The second kappa shape index (κ2) is 4.16. The van der Waals surface area contributed by atoms with E-state index in [0.29, 0.717) is 18.7 Å². The van der Waals surface area contributed by atoms with Gasteiger partial charge in [0.2, 0.25) is 5.91 Å². The molecule has 0 radical (unpaired) electrons. The van der Waals surface area contributed by atoms with Crippen LogP contribution in [-0.4, -0.2) is 22.5 Å². The Bertz CT molecular complexity index is 403. The number of carbonyl (C=O) groups is 1. The number of benzene rings is 1. The van der Waals surface area contributed by atoms with Crippen LogP contribution in [0.25, 0.3) is 0 Å². The second-order valence-electron chi connectivity index (χ2n) is 4.50. The van der Waals surface area contributed by atoms with Crippen molar-refractivity contribution < 1.29 is 9.90 Å². The quantitative estimate of drug-likeness (QED) is 0.827. The van der Waals surface area contributed by atoms with E-state index in [-0.39, 0.29) is 5.91 Å². The van der Waals surface area contributed by atoms with E-state index in [0.717, 1.165) is 29.7 Å². The van der Waals surface area contributed by atoms with Crippen molar-refractivity contribution >= 4 is 5.91 Å². The first-order valence-corrected chi connectivity index (χ1v) is 5.65. The maximum Gasteiger partial charge on any atom is 0.222 e. The van der Waals surface area contributed by atoms with Gasteiger partial charge in [-0.05, 0) is 37.0 Å². The van der Waals surface area contributed by atoms with Gasteiger partial charge in [-0.1, -0.05) is 12.1 Å². The number of rotatable bonds is 2. The van der Waals surface area contributed by atoms with Crippen LogP contribution in [0.15, 0.2) is 12.1 Å². The molecule has 0 aliphatic carbocycles. The summed E-state index contributed by atoms with van der Waals surface area (Å²) in [6.07, 6.45) is 1.64. The highest BCUT2D eigenvalue weighted by atomic mass is 16.3. The van der Waals surface area contributed by atoms with Crippen molar-refractivity contribution in [3.8, 4) is 5.75 Å². The smallest absolute Gasteiger partial charge is 0.222 e. The highest BCUT2D eigenvalue weighted by Gasteiger charge is 2.20. The van der Waals surface area contributed by atoms with Gasteiger partial charge in [-0.2, -0.15) is 0 Å². The van der Waals surface area contributed by atoms with E-state index in [9.17, 15) is 9.90 Å². The molecule has 1 heterocycles. The summed E-state index contributed by atoms with van der Waals surface area (Å²) in [6.45, 7) is 5.30. The number of aromatic hydroxyl groups is 1. The molecule has 1 N–H and O–H groups in total. The highest BCUT2D eigenvalue weighted by Crippen LogP contribution is 2.24. The maximum absolute atomic E-state index is 11.5. The highest BCUT2D eigenvalue weighted by molar-refractivity contribution is 5.78. The van der Waals surface area contributed by atoms with E-state index >= 15 is 0 Å². The summed E-state index contributed by atoms with van der Waals surface area (Å²) in [7, 11) is 0. The third-order valence-electron chi connectivity index (χ3n) is 3.10. The van der Waals surface area contributed by atoms with Crippen LogP contribution in [0.5, 0.6) is 5.75 Å². The summed E-state index contributed by atoms with van der Waals surface area (Å²) in [5.41, 5.74) is 2.85. The van der Waals surface area contributed by atoms with Gasteiger partial charge in [-0.15, -0.1) is 0 Å². The summed E-state index contributed by atoms with van der Waals surface area (Å²) in [5.74, 6) is 0.597. The molecule has 3 nitrogen and oxygen atoms in total. The van der Waals surface area contributed by atoms with Gasteiger partial charge < -0.3 is 10.0 Å². The van der Waals surface area contributed by atoms with E-state index in [1.54, 1.807) is 0 Å². The predicted molar refractivity (Wildman–Crippen MR) is 62.2 cm³/mol. The van der Waals surface area contributed by atoms with E-state index in [4.69, 9.17) is 0 Å². The zero-order valence-electron chi connectivity index (χ0n) is 9.79. The Balaban J connectivity index is 2.18. The van der Waals surface area contributed by atoms with Crippen molar-refractivity contribution in [2.45, 2.75) is 33.2 Å². The molecule has 2 rings (SSSR count). The lowest BCUT2D eigenvalue weighted by atomic mass is 10.1. The van der Waals surface area contributed by atoms with Crippen LogP contribution in [0.3, 0.4) is 0 Å². The molecule has 1 saturated heterocycles. The van der Waals surface area contributed by atoms with Gasteiger partial charge >= 0.3 is 0 Å². The number of carbonyl (C=O) groups excluding carboxylic acids is 1. The van der Waals surface area contributed by atoms with Crippen LogP contribution in [0.4, 0.5) is 0 Å². The number of nitrogens with zero attached hydrogens (tertiary/aromatic N) is 1. The Morgan fingerprint density at radius 3 is 2.44 bits per heavy atom. The maximum atomic E-state index is 11.5. The van der Waals surface area contributed by atoms with Crippen LogP contribution in [0, 0.1) is 13.8 Å². The van der Waals surface area contributed by atoms with Crippen molar-refractivity contribution in [1.29, 1.82) is 0 Å². The zero-order chi connectivity index (χ0) is 11.7. The molecule has 0 atom stereocenters. The van der Waals surface area contributed by atoms with Gasteiger partial charge in [0, 0.05) is 19.5 Å². The lowest BCUT2D eigenvalue weighted by Gasteiger charge is -2.16. The van der Waals surface area contributed by atoms with Gasteiger partial charge in [-0.3, -0.25) is 4.79 Å². The van der Waals surface area contributed by atoms with Gasteiger partial charge in [0.25, 0.3) is 0 Å². The van der Waals surface area contributed by atoms with Crippen LogP contribution >= 0.6 is 0 Å². The molecule has 3 heteroatoms. The number of hydrogen-bond donors (Lipinski definition) is 1. The second-order valence-corrected chi connectivity index (χ2v) is 4.50. The molecule has 1 aliphatic heterocycles. The van der Waals surface area contributed by atoms with Crippen molar-refractivity contribution in [2.24, 2.45) is 0 Å². The van der Waals surface area contributed by atoms with Crippen LogP contribution in [-0.2, 0) is 11.3 Å². The molecule has 1 aromatic carbocycles. The minimum absolute atomic E-state index is 0.239. The summed E-state index contributed by atoms with van der Waals surface area (Å²) in [6, 6.07) is 3.90. The standard InChI is InChI=1S/C13H17NO2/c1-9-6-11(7-10(2)13(9)16)8-14-5-3-4-12(14)15/h6-7,16H,3-5,8H2,1-2H3. The van der Waals surface area contributed by atoms with E-state index in [1.165, 1.54) is 0 Å². The predicted octanol–water partition coefficient (Wildman–Crippen LogP) is 2.13. The molecule has 1 aromatic rings. The Hall–Kier alpha value is -1.51.